The third-order valence-electron chi connectivity index (χ3n) is 6.92. The SMILES string of the molecule is Cc1c(NCCc2ccc(OC(F)(F)F)cc2)ncnc1C(=O)N1CCC(N2CCC(O)CC2)CC1. The molecule has 0 spiro atoms. The lowest BCUT2D eigenvalue weighted by Crippen LogP contribution is -2.49. The van der Waals surface area contributed by atoms with Gasteiger partial charge < -0.3 is 25.0 Å². The van der Waals surface area contributed by atoms with Gasteiger partial charge in [-0.2, -0.15) is 0 Å². The summed E-state index contributed by atoms with van der Waals surface area (Å²) in [6, 6.07) is 6.18. The monoisotopic (exact) mass is 507 g/mol. The van der Waals surface area contributed by atoms with Crippen LogP contribution in [-0.4, -0.2) is 82.0 Å². The number of anilines is 1. The maximum Gasteiger partial charge on any atom is 0.573 e. The van der Waals surface area contributed by atoms with Gasteiger partial charge >= 0.3 is 6.36 Å². The fraction of sp³-hybridized carbons (Fsp3) is 0.560. The second-order valence-corrected chi connectivity index (χ2v) is 9.35. The summed E-state index contributed by atoms with van der Waals surface area (Å²) in [6.07, 6.45) is 0.464. The number of nitrogens with zero attached hydrogens (tertiary/aromatic N) is 4. The molecule has 2 aromatic rings. The van der Waals surface area contributed by atoms with Crippen molar-refractivity contribution in [2.24, 2.45) is 0 Å². The molecule has 196 valence electrons. The summed E-state index contributed by atoms with van der Waals surface area (Å²) < 4.78 is 40.8. The van der Waals surface area contributed by atoms with Crippen LogP contribution in [0.5, 0.6) is 5.75 Å². The Kier molecular flexibility index (Phi) is 8.30. The summed E-state index contributed by atoms with van der Waals surface area (Å²) in [4.78, 5) is 26.0. The number of carbonyl (C=O) groups is 1. The lowest BCUT2D eigenvalue weighted by molar-refractivity contribution is -0.274. The number of aliphatic hydroxyl groups is 1. The number of aromatic nitrogens is 2. The lowest BCUT2D eigenvalue weighted by Gasteiger charge is -2.41. The van der Waals surface area contributed by atoms with Crippen molar-refractivity contribution in [3.63, 3.8) is 0 Å². The maximum atomic E-state index is 13.2. The summed E-state index contributed by atoms with van der Waals surface area (Å²) in [7, 11) is 0. The summed E-state index contributed by atoms with van der Waals surface area (Å²) in [5.74, 6) is 0.200. The van der Waals surface area contributed by atoms with Gasteiger partial charge in [0.2, 0.25) is 0 Å². The number of rotatable bonds is 7. The van der Waals surface area contributed by atoms with Gasteiger partial charge in [0.05, 0.1) is 6.10 Å². The summed E-state index contributed by atoms with van der Waals surface area (Å²) in [5.41, 5.74) is 1.88. The Morgan fingerprint density at radius 3 is 2.39 bits per heavy atom. The fourth-order valence-corrected chi connectivity index (χ4v) is 4.86. The van der Waals surface area contributed by atoms with E-state index in [-0.39, 0.29) is 17.8 Å². The van der Waals surface area contributed by atoms with Gasteiger partial charge in [0, 0.05) is 44.3 Å². The number of alkyl halides is 3. The van der Waals surface area contributed by atoms with Crippen LogP contribution < -0.4 is 10.1 Å². The van der Waals surface area contributed by atoms with Gasteiger partial charge in [0.1, 0.15) is 23.6 Å². The zero-order valence-corrected chi connectivity index (χ0v) is 20.3. The van der Waals surface area contributed by atoms with Crippen LogP contribution in [0.4, 0.5) is 19.0 Å². The summed E-state index contributed by atoms with van der Waals surface area (Å²) in [6.45, 7) is 5.45. The normalized spacial score (nSPS) is 18.3. The second kappa shape index (κ2) is 11.4. The Bertz CT molecular complexity index is 1020. The Hall–Kier alpha value is -2.92. The molecule has 1 amide bonds. The number of ether oxygens (including phenoxy) is 1. The van der Waals surface area contributed by atoms with Crippen LogP contribution in [0.2, 0.25) is 0 Å². The van der Waals surface area contributed by atoms with Gasteiger partial charge in [-0.05, 0) is 56.7 Å². The van der Waals surface area contributed by atoms with Gasteiger partial charge in [-0.15, -0.1) is 13.2 Å². The van der Waals surface area contributed by atoms with E-state index in [1.165, 1.54) is 18.5 Å². The predicted molar refractivity (Wildman–Crippen MR) is 128 cm³/mol. The zero-order valence-electron chi connectivity index (χ0n) is 20.3. The molecule has 0 saturated carbocycles. The molecule has 0 aliphatic carbocycles. The number of benzene rings is 1. The third-order valence-corrected chi connectivity index (χ3v) is 6.92. The van der Waals surface area contributed by atoms with Crippen molar-refractivity contribution in [3.8, 4) is 5.75 Å². The number of nitrogens with one attached hydrogen (secondary N) is 1. The first-order valence-corrected chi connectivity index (χ1v) is 12.3. The molecule has 1 aromatic heterocycles. The molecule has 36 heavy (non-hydrogen) atoms. The molecule has 2 N–H and O–H groups in total. The number of likely N-dealkylation sites (tertiary alicyclic amines) is 2. The topological polar surface area (TPSA) is 90.8 Å². The van der Waals surface area contributed by atoms with Crippen LogP contribution in [-0.2, 0) is 6.42 Å². The highest BCUT2D eigenvalue weighted by Gasteiger charge is 2.31. The first-order chi connectivity index (χ1) is 17.2. The highest BCUT2D eigenvalue weighted by atomic mass is 19.4. The molecule has 1 aromatic carbocycles. The fourth-order valence-electron chi connectivity index (χ4n) is 4.86. The van der Waals surface area contributed by atoms with Crippen LogP contribution in [0.15, 0.2) is 30.6 Å². The van der Waals surface area contributed by atoms with Crippen molar-refractivity contribution >= 4 is 11.7 Å². The molecule has 0 atom stereocenters. The van der Waals surface area contributed by atoms with E-state index in [9.17, 15) is 23.1 Å². The molecule has 0 unspecified atom stereocenters. The van der Waals surface area contributed by atoms with Gasteiger partial charge in [0.15, 0.2) is 0 Å². The molecule has 2 aliphatic heterocycles. The van der Waals surface area contributed by atoms with Gasteiger partial charge in [-0.3, -0.25) is 4.79 Å². The van der Waals surface area contributed by atoms with E-state index in [4.69, 9.17) is 0 Å². The highest BCUT2D eigenvalue weighted by Crippen LogP contribution is 2.24. The number of hydrogen-bond acceptors (Lipinski definition) is 7. The molecule has 0 radical (unpaired) electrons. The van der Waals surface area contributed by atoms with Crippen LogP contribution in [0.25, 0.3) is 0 Å². The number of amides is 1. The number of aliphatic hydroxyl groups excluding tert-OH is 1. The largest absolute Gasteiger partial charge is 0.573 e. The maximum absolute atomic E-state index is 13.2. The number of carbonyl (C=O) groups excluding carboxylic acids is 1. The van der Waals surface area contributed by atoms with Crippen molar-refractivity contribution in [3.05, 3.63) is 47.4 Å². The van der Waals surface area contributed by atoms with Crippen LogP contribution in [0.1, 0.15) is 47.3 Å². The quantitative estimate of drug-likeness (QED) is 0.594. The second-order valence-electron chi connectivity index (χ2n) is 9.35. The van der Waals surface area contributed by atoms with E-state index >= 15 is 0 Å². The number of hydrogen-bond donors (Lipinski definition) is 2. The Labute approximate surface area is 208 Å². The molecule has 2 fully saturated rings. The Morgan fingerprint density at radius 2 is 1.75 bits per heavy atom. The Balaban J connectivity index is 1.28. The average Bonchev–Trinajstić information content (AvgIpc) is 2.85. The average molecular weight is 508 g/mol. The molecular formula is C25H32F3N5O3. The van der Waals surface area contributed by atoms with E-state index in [0.29, 0.717) is 49.2 Å². The first kappa shape index (κ1) is 26.2. The summed E-state index contributed by atoms with van der Waals surface area (Å²) in [5, 5.41) is 12.9. The van der Waals surface area contributed by atoms with E-state index in [0.717, 1.165) is 44.3 Å². The van der Waals surface area contributed by atoms with Crippen molar-refractivity contribution < 1.29 is 27.8 Å². The Morgan fingerprint density at radius 1 is 1.08 bits per heavy atom. The van der Waals surface area contributed by atoms with Crippen molar-refractivity contribution in [2.45, 2.75) is 57.5 Å². The first-order valence-electron chi connectivity index (χ1n) is 12.3. The number of halogens is 3. The van der Waals surface area contributed by atoms with E-state index in [2.05, 4.69) is 24.9 Å². The molecular weight excluding hydrogens is 475 g/mol. The molecule has 11 heteroatoms. The van der Waals surface area contributed by atoms with Gasteiger partial charge in [0.25, 0.3) is 5.91 Å². The molecule has 4 rings (SSSR count). The summed E-state index contributed by atoms with van der Waals surface area (Å²) >= 11 is 0. The van der Waals surface area contributed by atoms with Gasteiger partial charge in [-0.25, -0.2) is 9.97 Å². The third kappa shape index (κ3) is 6.85. The smallest absolute Gasteiger partial charge is 0.406 e. The minimum Gasteiger partial charge on any atom is -0.406 e. The van der Waals surface area contributed by atoms with E-state index < -0.39 is 6.36 Å². The van der Waals surface area contributed by atoms with Crippen molar-refractivity contribution in [1.29, 1.82) is 0 Å². The molecule has 2 aliphatic rings. The van der Waals surface area contributed by atoms with Crippen LogP contribution >= 0.6 is 0 Å². The molecule has 2 saturated heterocycles. The van der Waals surface area contributed by atoms with Crippen LogP contribution in [0.3, 0.4) is 0 Å². The highest BCUT2D eigenvalue weighted by molar-refractivity contribution is 5.94. The predicted octanol–water partition coefficient (Wildman–Crippen LogP) is 3.40. The lowest BCUT2D eigenvalue weighted by atomic mass is 9.98. The zero-order chi connectivity index (χ0) is 25.7. The molecule has 8 nitrogen and oxygen atoms in total. The van der Waals surface area contributed by atoms with E-state index in [1.54, 1.807) is 12.1 Å². The minimum absolute atomic E-state index is 0.106. The van der Waals surface area contributed by atoms with Crippen molar-refractivity contribution in [1.82, 2.24) is 19.8 Å². The number of piperidine rings is 2. The molecule has 0 bridgehead atoms. The molecule has 3 heterocycles. The van der Waals surface area contributed by atoms with Gasteiger partial charge in [-0.1, -0.05) is 12.1 Å². The van der Waals surface area contributed by atoms with Crippen molar-refractivity contribution in [2.75, 3.05) is 38.0 Å². The van der Waals surface area contributed by atoms with Crippen LogP contribution in [0, 0.1) is 6.92 Å². The minimum atomic E-state index is -4.71. The standard InChI is InChI=1S/C25H32F3N5O3/c1-17-22(24(35)33-12-7-19(8-13-33)32-14-9-20(34)10-15-32)30-16-31-23(17)29-11-6-18-2-4-21(5-3-18)36-25(26,27)28/h2-5,16,19-20,34H,6-15H2,1H3,(H,29,30,31). The van der Waals surface area contributed by atoms with E-state index in [1.807, 2.05) is 11.8 Å².